The first kappa shape index (κ1) is 11.9. The van der Waals surface area contributed by atoms with Gasteiger partial charge in [-0.1, -0.05) is 0 Å². The number of nitrogens with zero attached hydrogens (tertiary/aromatic N) is 3. The number of aromatic nitrogens is 3. The standard InChI is InChI=1S/C10H13N5OS2/c16-9(8-4-17-6-12-8)11-2-1-7-3-18-10-14-13-5-15(7)10/h3,5,8,12H,1-2,4,6H2,(H,11,16). The summed E-state index contributed by atoms with van der Waals surface area (Å²) in [5, 5.41) is 16.0. The monoisotopic (exact) mass is 283 g/mol. The highest BCUT2D eigenvalue weighted by Crippen LogP contribution is 2.13. The quantitative estimate of drug-likeness (QED) is 0.833. The van der Waals surface area contributed by atoms with Gasteiger partial charge >= 0.3 is 0 Å². The van der Waals surface area contributed by atoms with Crippen LogP contribution in [0.5, 0.6) is 0 Å². The van der Waals surface area contributed by atoms with Crippen molar-refractivity contribution in [1.29, 1.82) is 0 Å². The predicted octanol–water partition coefficient (Wildman–Crippen LogP) is 0.112. The lowest BCUT2D eigenvalue weighted by Crippen LogP contribution is -2.42. The maximum Gasteiger partial charge on any atom is 0.238 e. The number of amides is 1. The van der Waals surface area contributed by atoms with Crippen molar-refractivity contribution in [3.63, 3.8) is 0 Å². The number of rotatable bonds is 4. The zero-order valence-electron chi connectivity index (χ0n) is 9.63. The third kappa shape index (κ3) is 2.36. The Balaban J connectivity index is 1.52. The van der Waals surface area contributed by atoms with E-state index in [-0.39, 0.29) is 11.9 Å². The fourth-order valence-electron chi connectivity index (χ4n) is 1.86. The van der Waals surface area contributed by atoms with Crippen LogP contribution in [0.2, 0.25) is 0 Å². The molecule has 3 heterocycles. The minimum atomic E-state index is -0.0348. The number of carbonyl (C=O) groups excluding carboxylic acids is 1. The number of carbonyl (C=O) groups is 1. The van der Waals surface area contributed by atoms with Crippen molar-refractivity contribution in [1.82, 2.24) is 25.2 Å². The molecule has 0 aliphatic carbocycles. The number of thioether (sulfide) groups is 1. The Morgan fingerprint density at radius 2 is 2.61 bits per heavy atom. The molecule has 8 heteroatoms. The highest BCUT2D eigenvalue weighted by atomic mass is 32.2. The summed E-state index contributed by atoms with van der Waals surface area (Å²) in [5.41, 5.74) is 1.13. The van der Waals surface area contributed by atoms with Crippen molar-refractivity contribution in [3.05, 3.63) is 17.4 Å². The van der Waals surface area contributed by atoms with Gasteiger partial charge in [0.05, 0.1) is 6.04 Å². The fourth-order valence-corrected chi connectivity index (χ4v) is 3.65. The Kier molecular flexibility index (Phi) is 3.48. The molecule has 2 N–H and O–H groups in total. The Hall–Kier alpha value is -1.12. The Morgan fingerprint density at radius 1 is 1.67 bits per heavy atom. The van der Waals surface area contributed by atoms with E-state index < -0.39 is 0 Å². The van der Waals surface area contributed by atoms with Crippen molar-refractivity contribution in [2.75, 3.05) is 18.2 Å². The number of hydrogen-bond acceptors (Lipinski definition) is 6. The SMILES string of the molecule is O=C(NCCc1csc2nncn12)C1CSCN1. The molecule has 1 saturated heterocycles. The average Bonchev–Trinajstić information content (AvgIpc) is 3.07. The summed E-state index contributed by atoms with van der Waals surface area (Å²) in [6, 6.07) is -0.0348. The van der Waals surface area contributed by atoms with Crippen molar-refractivity contribution < 1.29 is 4.79 Å². The van der Waals surface area contributed by atoms with Gasteiger partial charge in [-0.15, -0.1) is 33.3 Å². The molecule has 0 saturated carbocycles. The summed E-state index contributed by atoms with van der Waals surface area (Å²) in [6.45, 7) is 0.645. The molecule has 3 rings (SSSR count). The Morgan fingerprint density at radius 3 is 3.44 bits per heavy atom. The summed E-state index contributed by atoms with van der Waals surface area (Å²) in [4.78, 5) is 12.7. The van der Waals surface area contributed by atoms with Gasteiger partial charge in [-0.3, -0.25) is 14.5 Å². The molecule has 1 atom stereocenters. The van der Waals surface area contributed by atoms with E-state index in [1.165, 1.54) is 0 Å². The zero-order chi connectivity index (χ0) is 12.4. The zero-order valence-corrected chi connectivity index (χ0v) is 11.3. The molecule has 1 fully saturated rings. The lowest BCUT2D eigenvalue weighted by Gasteiger charge is -2.09. The molecule has 0 radical (unpaired) electrons. The number of fused-ring (bicyclic) bond motifs is 1. The Bertz CT molecular complexity index is 545. The van der Waals surface area contributed by atoms with Crippen LogP contribution in [0.25, 0.3) is 4.96 Å². The first-order valence-electron chi connectivity index (χ1n) is 5.69. The maximum absolute atomic E-state index is 11.8. The molecule has 96 valence electrons. The molecule has 0 bridgehead atoms. The predicted molar refractivity (Wildman–Crippen MR) is 71.8 cm³/mol. The smallest absolute Gasteiger partial charge is 0.238 e. The summed E-state index contributed by atoms with van der Waals surface area (Å²) < 4.78 is 1.96. The number of thiazole rings is 1. The maximum atomic E-state index is 11.8. The van der Waals surface area contributed by atoms with Crippen LogP contribution >= 0.6 is 23.1 Å². The Labute approximate surface area is 112 Å². The van der Waals surface area contributed by atoms with Crippen LogP contribution in [0.4, 0.5) is 0 Å². The van der Waals surface area contributed by atoms with Crippen LogP contribution in [0, 0.1) is 0 Å². The van der Waals surface area contributed by atoms with E-state index in [1.54, 1.807) is 29.4 Å². The van der Waals surface area contributed by atoms with Gasteiger partial charge in [0.15, 0.2) is 0 Å². The average molecular weight is 283 g/mol. The van der Waals surface area contributed by atoms with Gasteiger partial charge in [0.25, 0.3) is 0 Å². The molecule has 2 aromatic heterocycles. The molecule has 0 aromatic carbocycles. The van der Waals surface area contributed by atoms with Crippen LogP contribution < -0.4 is 10.6 Å². The minimum Gasteiger partial charge on any atom is -0.354 e. The second-order valence-corrected chi connectivity index (χ2v) is 5.89. The van der Waals surface area contributed by atoms with Crippen LogP contribution in [0.1, 0.15) is 5.69 Å². The van der Waals surface area contributed by atoms with E-state index in [2.05, 4.69) is 26.2 Å². The van der Waals surface area contributed by atoms with Crippen LogP contribution in [0.15, 0.2) is 11.7 Å². The second-order valence-electron chi connectivity index (χ2n) is 4.02. The highest BCUT2D eigenvalue weighted by Gasteiger charge is 2.21. The van der Waals surface area contributed by atoms with Crippen molar-refractivity contribution in [2.45, 2.75) is 12.5 Å². The fraction of sp³-hybridized carbons (Fsp3) is 0.500. The van der Waals surface area contributed by atoms with Gasteiger partial charge < -0.3 is 5.32 Å². The third-order valence-electron chi connectivity index (χ3n) is 2.84. The number of hydrogen-bond donors (Lipinski definition) is 2. The van der Waals surface area contributed by atoms with Gasteiger partial charge in [0.2, 0.25) is 10.9 Å². The molecular formula is C10H13N5OS2. The van der Waals surface area contributed by atoms with E-state index >= 15 is 0 Å². The molecule has 2 aromatic rings. The van der Waals surface area contributed by atoms with Gasteiger partial charge in [-0.2, -0.15) is 0 Å². The molecule has 1 amide bonds. The van der Waals surface area contributed by atoms with E-state index in [4.69, 9.17) is 0 Å². The molecular weight excluding hydrogens is 270 g/mol. The van der Waals surface area contributed by atoms with Gasteiger partial charge in [-0.05, 0) is 0 Å². The summed E-state index contributed by atoms with van der Waals surface area (Å²) >= 11 is 3.32. The van der Waals surface area contributed by atoms with Crippen molar-refractivity contribution >= 4 is 34.0 Å². The van der Waals surface area contributed by atoms with Crippen LogP contribution in [0.3, 0.4) is 0 Å². The minimum absolute atomic E-state index is 0.0348. The first-order chi connectivity index (χ1) is 8.84. The third-order valence-corrected chi connectivity index (χ3v) is 4.66. The van der Waals surface area contributed by atoms with Gasteiger partial charge in [-0.25, -0.2) is 0 Å². The second kappa shape index (κ2) is 5.25. The highest BCUT2D eigenvalue weighted by molar-refractivity contribution is 7.99. The summed E-state index contributed by atoms with van der Waals surface area (Å²) in [7, 11) is 0. The lowest BCUT2D eigenvalue weighted by atomic mass is 10.3. The molecule has 1 unspecified atom stereocenters. The largest absolute Gasteiger partial charge is 0.354 e. The summed E-state index contributed by atoms with van der Waals surface area (Å²) in [6.07, 6.45) is 2.50. The van der Waals surface area contributed by atoms with Crippen molar-refractivity contribution in [2.24, 2.45) is 0 Å². The van der Waals surface area contributed by atoms with Crippen LogP contribution in [-0.2, 0) is 11.2 Å². The topological polar surface area (TPSA) is 71.3 Å². The van der Waals surface area contributed by atoms with E-state index in [9.17, 15) is 4.79 Å². The number of nitrogens with one attached hydrogen (secondary N) is 2. The first-order valence-corrected chi connectivity index (χ1v) is 7.73. The van der Waals surface area contributed by atoms with Gasteiger partial charge in [0, 0.05) is 35.7 Å². The molecule has 0 spiro atoms. The van der Waals surface area contributed by atoms with E-state index in [1.807, 2.05) is 4.40 Å². The lowest BCUT2D eigenvalue weighted by molar-refractivity contribution is -0.122. The summed E-state index contributed by atoms with van der Waals surface area (Å²) in [5.74, 6) is 1.82. The van der Waals surface area contributed by atoms with Gasteiger partial charge in [0.1, 0.15) is 6.33 Å². The normalized spacial score (nSPS) is 19.4. The van der Waals surface area contributed by atoms with E-state index in [0.29, 0.717) is 6.54 Å². The molecule has 6 nitrogen and oxygen atoms in total. The molecule has 1 aliphatic heterocycles. The molecule has 1 aliphatic rings. The van der Waals surface area contributed by atoms with Crippen LogP contribution in [-0.4, -0.2) is 44.7 Å². The molecule has 18 heavy (non-hydrogen) atoms. The van der Waals surface area contributed by atoms with Crippen molar-refractivity contribution in [3.8, 4) is 0 Å². The van der Waals surface area contributed by atoms with E-state index in [0.717, 1.165) is 28.7 Å².